The molecular formula is C20H27NO3. The lowest BCUT2D eigenvalue weighted by Crippen LogP contribution is -2.42. The number of rotatable bonds is 2. The van der Waals surface area contributed by atoms with Crippen molar-refractivity contribution in [2.45, 2.75) is 51.4 Å². The van der Waals surface area contributed by atoms with Crippen LogP contribution in [-0.4, -0.2) is 25.0 Å². The van der Waals surface area contributed by atoms with E-state index in [0.717, 1.165) is 19.3 Å². The second-order valence-electron chi connectivity index (χ2n) is 7.85. The molecule has 24 heavy (non-hydrogen) atoms. The number of aromatic hydroxyl groups is 1. The molecule has 1 N–H and O–H groups in total. The molecule has 0 unspecified atom stereocenters. The number of aryl methyl sites for hydroxylation is 1. The molecule has 0 bridgehead atoms. The second kappa shape index (κ2) is 5.68. The van der Waals surface area contributed by atoms with Crippen molar-refractivity contribution in [1.82, 2.24) is 0 Å². The van der Waals surface area contributed by atoms with Gasteiger partial charge in [-0.05, 0) is 79.5 Å². The van der Waals surface area contributed by atoms with E-state index in [1.807, 2.05) is 12.1 Å². The van der Waals surface area contributed by atoms with E-state index in [1.54, 1.807) is 14.2 Å². The fourth-order valence-corrected chi connectivity index (χ4v) is 5.80. The fourth-order valence-electron chi connectivity index (χ4n) is 5.80. The highest BCUT2D eigenvalue weighted by Crippen LogP contribution is 2.60. The molecule has 3 aliphatic carbocycles. The van der Waals surface area contributed by atoms with E-state index in [0.29, 0.717) is 23.5 Å². The molecule has 0 spiro atoms. The van der Waals surface area contributed by atoms with Gasteiger partial charge >= 0.3 is 0 Å². The highest BCUT2D eigenvalue weighted by atomic mass is 16.6. The van der Waals surface area contributed by atoms with Gasteiger partial charge in [0.05, 0.1) is 12.8 Å². The van der Waals surface area contributed by atoms with Crippen LogP contribution in [0.25, 0.3) is 0 Å². The summed E-state index contributed by atoms with van der Waals surface area (Å²) in [6.07, 6.45) is 6.92. The zero-order valence-electron chi connectivity index (χ0n) is 14.8. The number of oxime groups is 1. The van der Waals surface area contributed by atoms with Gasteiger partial charge in [0.25, 0.3) is 0 Å². The topological polar surface area (TPSA) is 51.0 Å². The molecule has 3 aliphatic rings. The zero-order chi connectivity index (χ0) is 16.9. The van der Waals surface area contributed by atoms with Gasteiger partial charge in [-0.25, -0.2) is 0 Å². The summed E-state index contributed by atoms with van der Waals surface area (Å²) >= 11 is 0. The summed E-state index contributed by atoms with van der Waals surface area (Å²) < 4.78 is 5.29. The van der Waals surface area contributed by atoms with Gasteiger partial charge in [0, 0.05) is 5.41 Å². The molecule has 0 saturated heterocycles. The third-order valence-corrected chi connectivity index (χ3v) is 6.97. The van der Waals surface area contributed by atoms with Crippen molar-refractivity contribution < 1.29 is 14.7 Å². The lowest BCUT2D eigenvalue weighted by atomic mass is 9.55. The number of hydrogen-bond acceptors (Lipinski definition) is 4. The molecule has 4 heteroatoms. The minimum absolute atomic E-state index is 0.198. The minimum atomic E-state index is 0.198. The van der Waals surface area contributed by atoms with Crippen molar-refractivity contribution >= 4 is 5.71 Å². The molecule has 2 saturated carbocycles. The average molecular weight is 329 g/mol. The van der Waals surface area contributed by atoms with Gasteiger partial charge in [-0.1, -0.05) is 12.1 Å². The van der Waals surface area contributed by atoms with Crippen LogP contribution in [0.15, 0.2) is 17.3 Å². The number of ether oxygens (including phenoxy) is 1. The Hall–Kier alpha value is -1.71. The third kappa shape index (κ3) is 2.15. The molecular weight excluding hydrogens is 302 g/mol. The van der Waals surface area contributed by atoms with E-state index in [9.17, 15) is 5.11 Å². The molecule has 0 aromatic heterocycles. The van der Waals surface area contributed by atoms with Crippen molar-refractivity contribution in [2.24, 2.45) is 22.4 Å². The van der Waals surface area contributed by atoms with Gasteiger partial charge in [0.1, 0.15) is 7.11 Å². The first-order valence-electron chi connectivity index (χ1n) is 9.08. The first-order chi connectivity index (χ1) is 11.6. The first-order valence-corrected chi connectivity index (χ1v) is 9.08. The van der Waals surface area contributed by atoms with Gasteiger partial charge in [0.2, 0.25) is 0 Å². The van der Waals surface area contributed by atoms with Crippen LogP contribution in [0.1, 0.15) is 56.1 Å². The summed E-state index contributed by atoms with van der Waals surface area (Å²) in [4.78, 5) is 5.11. The molecule has 0 radical (unpaired) electrons. The van der Waals surface area contributed by atoms with Gasteiger partial charge in [-0.15, -0.1) is 0 Å². The number of fused-ring (bicyclic) bond motifs is 5. The maximum atomic E-state index is 10.2. The Morgan fingerprint density at radius 1 is 1.17 bits per heavy atom. The van der Waals surface area contributed by atoms with Crippen LogP contribution < -0.4 is 4.74 Å². The van der Waals surface area contributed by atoms with E-state index < -0.39 is 0 Å². The van der Waals surface area contributed by atoms with E-state index in [2.05, 4.69) is 12.1 Å². The predicted molar refractivity (Wildman–Crippen MR) is 93.7 cm³/mol. The average Bonchev–Trinajstić information content (AvgIpc) is 2.91. The summed E-state index contributed by atoms with van der Waals surface area (Å²) in [5.74, 6) is 2.81. The molecule has 1 aromatic carbocycles. The zero-order valence-corrected chi connectivity index (χ0v) is 14.8. The molecule has 4 rings (SSSR count). The Kier molecular flexibility index (Phi) is 3.74. The number of benzene rings is 1. The predicted octanol–water partition coefficient (Wildman–Crippen LogP) is 4.26. The largest absolute Gasteiger partial charge is 0.504 e. The number of hydrogen-bond donors (Lipinski definition) is 1. The normalized spacial score (nSPS) is 36.0. The van der Waals surface area contributed by atoms with Crippen molar-refractivity contribution in [3.63, 3.8) is 0 Å². The number of nitrogens with zero attached hydrogens (tertiary/aromatic N) is 1. The van der Waals surface area contributed by atoms with Crippen LogP contribution in [0.2, 0.25) is 0 Å². The van der Waals surface area contributed by atoms with E-state index in [-0.39, 0.29) is 11.2 Å². The van der Waals surface area contributed by atoms with Gasteiger partial charge < -0.3 is 14.7 Å². The molecule has 0 heterocycles. The van der Waals surface area contributed by atoms with Crippen LogP contribution in [0, 0.1) is 17.3 Å². The van der Waals surface area contributed by atoms with Crippen molar-refractivity contribution in [2.75, 3.05) is 14.2 Å². The van der Waals surface area contributed by atoms with Crippen molar-refractivity contribution in [3.05, 3.63) is 23.3 Å². The fraction of sp³-hybridized carbons (Fsp3) is 0.650. The van der Waals surface area contributed by atoms with Crippen LogP contribution in [-0.2, 0) is 11.3 Å². The van der Waals surface area contributed by atoms with Crippen molar-refractivity contribution in [3.8, 4) is 11.5 Å². The van der Waals surface area contributed by atoms with Gasteiger partial charge in [-0.3, -0.25) is 0 Å². The smallest absolute Gasteiger partial charge is 0.160 e. The Morgan fingerprint density at radius 3 is 2.75 bits per heavy atom. The van der Waals surface area contributed by atoms with E-state index in [4.69, 9.17) is 9.57 Å². The SMILES string of the molecule is CO/N=C1\CC[C@H]2[C@@H]3CCc4cc(OC)c(O)cc4[C@H]3CC[C@]12C. The summed E-state index contributed by atoms with van der Waals surface area (Å²) in [7, 11) is 3.27. The number of methoxy groups -OCH3 is 1. The molecule has 2 fully saturated rings. The maximum absolute atomic E-state index is 10.2. The first kappa shape index (κ1) is 15.8. The summed E-state index contributed by atoms with van der Waals surface area (Å²) in [5, 5.41) is 14.6. The minimum Gasteiger partial charge on any atom is -0.504 e. The van der Waals surface area contributed by atoms with Crippen LogP contribution >= 0.6 is 0 Å². The van der Waals surface area contributed by atoms with Crippen LogP contribution in [0.4, 0.5) is 0 Å². The summed E-state index contributed by atoms with van der Waals surface area (Å²) in [5.41, 5.74) is 4.17. The summed E-state index contributed by atoms with van der Waals surface area (Å²) in [6, 6.07) is 4.01. The third-order valence-electron chi connectivity index (χ3n) is 6.97. The van der Waals surface area contributed by atoms with Crippen molar-refractivity contribution in [1.29, 1.82) is 0 Å². The van der Waals surface area contributed by atoms with E-state index >= 15 is 0 Å². The Bertz CT molecular complexity index is 684. The molecule has 1 aromatic rings. The quantitative estimate of drug-likeness (QED) is 0.825. The Morgan fingerprint density at radius 2 is 2.00 bits per heavy atom. The highest BCUT2D eigenvalue weighted by Gasteiger charge is 2.53. The monoisotopic (exact) mass is 329 g/mol. The van der Waals surface area contributed by atoms with Crippen LogP contribution in [0.5, 0.6) is 11.5 Å². The standard InChI is InChI=1S/C20H27NO3/c1-20-9-8-13-14(16(20)6-7-19(20)21-24-3)5-4-12-10-18(23-2)17(22)11-15(12)13/h10-11,13-14,16,22H,4-9H2,1-3H3/b21-19+/t13-,14+,16-,20-/m0/s1. The molecule has 4 nitrogen and oxygen atoms in total. The highest BCUT2D eigenvalue weighted by molar-refractivity contribution is 5.92. The lowest BCUT2D eigenvalue weighted by Gasteiger charge is -2.49. The molecule has 0 amide bonds. The van der Waals surface area contributed by atoms with Crippen LogP contribution in [0.3, 0.4) is 0 Å². The second-order valence-corrected chi connectivity index (χ2v) is 7.85. The summed E-state index contributed by atoms with van der Waals surface area (Å²) in [6.45, 7) is 2.39. The maximum Gasteiger partial charge on any atom is 0.160 e. The Labute approximate surface area is 143 Å². The Balaban J connectivity index is 1.69. The molecule has 130 valence electrons. The molecule has 4 atom stereocenters. The number of phenolic OH excluding ortho intramolecular Hbond substituents is 1. The van der Waals surface area contributed by atoms with Gasteiger partial charge in [-0.2, -0.15) is 0 Å². The lowest BCUT2D eigenvalue weighted by molar-refractivity contribution is 0.0923. The van der Waals surface area contributed by atoms with E-state index in [1.165, 1.54) is 36.1 Å². The molecule has 0 aliphatic heterocycles. The van der Waals surface area contributed by atoms with Gasteiger partial charge in [0.15, 0.2) is 11.5 Å². The number of phenols is 1.